The largest absolute Gasteiger partial charge is 0.490 e. The van der Waals surface area contributed by atoms with Crippen LogP contribution in [0, 0.1) is 10.1 Å². The molecule has 0 aliphatic rings. The van der Waals surface area contributed by atoms with Crippen LogP contribution < -0.4 is 0 Å². The third kappa shape index (κ3) is 1.71. The Bertz CT molecular complexity index is 258. The topological polar surface area (TPSA) is 94.1 Å². The van der Waals surface area contributed by atoms with Gasteiger partial charge in [-0.05, 0) is 4.92 Å². The van der Waals surface area contributed by atoms with Crippen molar-refractivity contribution >= 4 is 5.95 Å². The Hall–Kier alpha value is -1.50. The Morgan fingerprint density at radius 1 is 1.82 bits per heavy atom. The summed E-state index contributed by atoms with van der Waals surface area (Å²) in [6.07, 6.45) is 1.20. The molecule has 0 saturated carbocycles. The zero-order valence-electron chi connectivity index (χ0n) is 5.54. The molecule has 11 heavy (non-hydrogen) atoms. The average molecular weight is 158 g/mol. The van der Waals surface area contributed by atoms with Crippen LogP contribution in [0.15, 0.2) is 6.33 Å². The first-order valence-corrected chi connectivity index (χ1v) is 2.88. The van der Waals surface area contributed by atoms with Gasteiger partial charge >= 0.3 is 5.95 Å². The predicted molar refractivity (Wildman–Crippen MR) is 33.8 cm³/mol. The highest BCUT2D eigenvalue weighted by atomic mass is 16.6. The molecule has 0 radical (unpaired) electrons. The van der Waals surface area contributed by atoms with Crippen LogP contribution in [0.4, 0.5) is 5.95 Å². The van der Waals surface area contributed by atoms with E-state index in [1.807, 2.05) is 0 Å². The standard InChI is InChI=1S/C4H6N4O3/c9-2-1-7-3-5-4(6-7)8(10)11/h3,9H,1-2H2. The number of aliphatic hydroxyl groups is 1. The monoisotopic (exact) mass is 158 g/mol. The minimum Gasteiger partial charge on any atom is -0.394 e. The van der Waals surface area contributed by atoms with Crippen LogP contribution in [-0.2, 0) is 6.54 Å². The molecule has 0 aromatic carbocycles. The van der Waals surface area contributed by atoms with Crippen molar-refractivity contribution in [1.29, 1.82) is 0 Å². The number of nitro groups is 1. The molecule has 0 saturated heterocycles. The fourth-order valence-corrected chi connectivity index (χ4v) is 0.579. The molecule has 1 rings (SSSR count). The highest BCUT2D eigenvalue weighted by Gasteiger charge is 2.11. The van der Waals surface area contributed by atoms with Gasteiger partial charge in [0.1, 0.15) is 0 Å². The van der Waals surface area contributed by atoms with E-state index in [1.165, 1.54) is 11.0 Å². The van der Waals surface area contributed by atoms with Crippen LogP contribution in [0.2, 0.25) is 0 Å². The summed E-state index contributed by atoms with van der Waals surface area (Å²) in [5, 5.41) is 21.9. The zero-order valence-corrected chi connectivity index (χ0v) is 5.54. The van der Waals surface area contributed by atoms with Gasteiger partial charge in [-0.15, -0.1) is 0 Å². The summed E-state index contributed by atoms with van der Waals surface area (Å²) >= 11 is 0. The molecule has 0 aliphatic carbocycles. The molecule has 0 unspecified atom stereocenters. The molecule has 0 spiro atoms. The predicted octanol–water partition coefficient (Wildman–Crippen LogP) is -0.821. The maximum atomic E-state index is 10.0. The van der Waals surface area contributed by atoms with E-state index in [1.54, 1.807) is 0 Å². The number of rotatable bonds is 3. The van der Waals surface area contributed by atoms with E-state index in [0.29, 0.717) is 0 Å². The third-order valence-electron chi connectivity index (χ3n) is 1.02. The summed E-state index contributed by atoms with van der Waals surface area (Å²) in [4.78, 5) is 12.7. The normalized spacial score (nSPS) is 9.91. The molecule has 60 valence electrons. The van der Waals surface area contributed by atoms with Gasteiger partial charge in [-0.3, -0.25) is 0 Å². The lowest BCUT2D eigenvalue weighted by Gasteiger charge is -1.87. The van der Waals surface area contributed by atoms with Crippen molar-refractivity contribution in [3.05, 3.63) is 16.4 Å². The number of aliphatic hydroxyl groups excluding tert-OH is 1. The molecule has 7 heteroatoms. The van der Waals surface area contributed by atoms with Gasteiger partial charge in [-0.2, -0.15) is 4.68 Å². The molecule has 0 bridgehead atoms. The van der Waals surface area contributed by atoms with Crippen molar-refractivity contribution in [3.8, 4) is 0 Å². The Morgan fingerprint density at radius 2 is 2.55 bits per heavy atom. The van der Waals surface area contributed by atoms with Gasteiger partial charge in [0.15, 0.2) is 0 Å². The first-order chi connectivity index (χ1) is 5.24. The summed E-state index contributed by atoms with van der Waals surface area (Å²) in [7, 11) is 0. The number of hydrogen-bond acceptors (Lipinski definition) is 5. The van der Waals surface area contributed by atoms with Crippen LogP contribution in [-0.4, -0.2) is 31.4 Å². The molecule has 1 N–H and O–H groups in total. The van der Waals surface area contributed by atoms with Gasteiger partial charge in [0.2, 0.25) is 6.33 Å². The number of nitrogens with zero attached hydrogens (tertiary/aromatic N) is 4. The van der Waals surface area contributed by atoms with Crippen LogP contribution in [0.3, 0.4) is 0 Å². The second-order valence-electron chi connectivity index (χ2n) is 1.79. The molecule has 0 fully saturated rings. The lowest BCUT2D eigenvalue weighted by molar-refractivity contribution is -0.394. The zero-order chi connectivity index (χ0) is 8.27. The molecule has 0 atom stereocenters. The Kier molecular flexibility index (Phi) is 2.12. The highest BCUT2D eigenvalue weighted by molar-refractivity contribution is 4.96. The van der Waals surface area contributed by atoms with Crippen LogP contribution >= 0.6 is 0 Å². The molecular weight excluding hydrogens is 152 g/mol. The number of aromatic nitrogens is 3. The summed E-state index contributed by atoms with van der Waals surface area (Å²) in [5.74, 6) is -0.446. The fourth-order valence-electron chi connectivity index (χ4n) is 0.579. The quantitative estimate of drug-likeness (QED) is 0.458. The average Bonchev–Trinajstić information content (AvgIpc) is 2.37. The Balaban J connectivity index is 2.73. The van der Waals surface area contributed by atoms with E-state index in [0.717, 1.165) is 0 Å². The Labute approximate surface area is 61.4 Å². The van der Waals surface area contributed by atoms with Crippen LogP contribution in [0.5, 0.6) is 0 Å². The van der Waals surface area contributed by atoms with Crippen LogP contribution in [0.25, 0.3) is 0 Å². The van der Waals surface area contributed by atoms with Crippen molar-refractivity contribution in [3.63, 3.8) is 0 Å². The van der Waals surface area contributed by atoms with E-state index in [4.69, 9.17) is 5.11 Å². The minimum atomic E-state index is -0.687. The smallest absolute Gasteiger partial charge is 0.394 e. The van der Waals surface area contributed by atoms with Gasteiger partial charge in [-0.25, -0.2) is 0 Å². The first kappa shape index (κ1) is 7.61. The maximum Gasteiger partial charge on any atom is 0.490 e. The lowest BCUT2D eigenvalue weighted by Crippen LogP contribution is -2.02. The molecule has 1 heterocycles. The first-order valence-electron chi connectivity index (χ1n) is 2.88. The SMILES string of the molecule is O=[N+]([O-])c1ncn(CCO)n1. The lowest BCUT2D eigenvalue weighted by atomic mass is 10.7. The van der Waals surface area contributed by atoms with Crippen molar-refractivity contribution in [1.82, 2.24) is 14.8 Å². The van der Waals surface area contributed by atoms with Gasteiger partial charge in [0.05, 0.1) is 13.2 Å². The molecule has 0 amide bonds. The summed E-state index contributed by atoms with van der Waals surface area (Å²) in [6.45, 7) is 0.112. The molecule has 7 nitrogen and oxygen atoms in total. The summed E-state index contributed by atoms with van der Waals surface area (Å²) < 4.78 is 1.21. The summed E-state index contributed by atoms with van der Waals surface area (Å²) in [6, 6.07) is 0. The number of hydrogen-bond donors (Lipinski definition) is 1. The maximum absolute atomic E-state index is 10.0. The molecular formula is C4H6N4O3. The van der Waals surface area contributed by atoms with E-state index in [9.17, 15) is 10.1 Å². The van der Waals surface area contributed by atoms with Gasteiger partial charge in [-0.1, -0.05) is 4.98 Å². The molecule has 0 aliphatic heterocycles. The minimum absolute atomic E-state index is 0.111. The molecule has 1 aromatic rings. The third-order valence-corrected chi connectivity index (χ3v) is 1.02. The van der Waals surface area contributed by atoms with Gasteiger partial charge in [0.25, 0.3) is 0 Å². The van der Waals surface area contributed by atoms with E-state index >= 15 is 0 Å². The van der Waals surface area contributed by atoms with Crippen molar-refractivity contribution < 1.29 is 10.0 Å². The second-order valence-corrected chi connectivity index (χ2v) is 1.79. The summed E-state index contributed by atoms with van der Waals surface area (Å²) in [5.41, 5.74) is 0. The fraction of sp³-hybridized carbons (Fsp3) is 0.500. The van der Waals surface area contributed by atoms with Crippen molar-refractivity contribution in [2.75, 3.05) is 6.61 Å². The van der Waals surface area contributed by atoms with E-state index < -0.39 is 10.9 Å². The Morgan fingerprint density at radius 3 is 3.00 bits per heavy atom. The van der Waals surface area contributed by atoms with E-state index in [2.05, 4.69) is 10.1 Å². The second kappa shape index (κ2) is 3.06. The van der Waals surface area contributed by atoms with E-state index in [-0.39, 0.29) is 13.2 Å². The molecule has 1 aromatic heterocycles. The highest BCUT2D eigenvalue weighted by Crippen LogP contribution is 1.98. The van der Waals surface area contributed by atoms with Gasteiger partial charge in [0, 0.05) is 5.10 Å². The van der Waals surface area contributed by atoms with Gasteiger partial charge < -0.3 is 15.2 Å². The van der Waals surface area contributed by atoms with Crippen molar-refractivity contribution in [2.24, 2.45) is 0 Å². The van der Waals surface area contributed by atoms with Crippen LogP contribution in [0.1, 0.15) is 0 Å². The van der Waals surface area contributed by atoms with Crippen molar-refractivity contribution in [2.45, 2.75) is 6.54 Å².